The average molecular weight is 1180 g/mol. The second-order valence-corrected chi connectivity index (χ2v) is 26.8. The zero-order chi connectivity index (χ0) is 60.0. The maximum absolute atomic E-state index is 13.2. The van der Waals surface area contributed by atoms with Crippen molar-refractivity contribution < 1.29 is 39.8 Å². The molecule has 0 aromatic heterocycles. The third-order valence-corrected chi connectivity index (χ3v) is 18.7. The molecule has 1 amide bonds. The fourth-order valence-electron chi connectivity index (χ4n) is 12.8. The van der Waals surface area contributed by atoms with E-state index in [0.717, 1.165) is 38.5 Å². The molecule has 0 aromatic rings. The Hall–Kier alpha value is -0.810. The molecule has 1 aliphatic rings. The summed E-state index contributed by atoms with van der Waals surface area (Å²) in [6.45, 7) is 3.92. The molecule has 0 radical (unpaired) electrons. The highest BCUT2D eigenvalue weighted by Gasteiger charge is 2.44. The normalized spacial score (nSPS) is 18.1. The van der Waals surface area contributed by atoms with E-state index in [4.69, 9.17) is 9.47 Å². The molecule has 1 heterocycles. The zero-order valence-electron chi connectivity index (χ0n) is 55.8. The van der Waals surface area contributed by atoms with Gasteiger partial charge in [-0.2, -0.15) is 0 Å². The molecule has 9 heteroatoms. The van der Waals surface area contributed by atoms with Crippen LogP contribution in [0.2, 0.25) is 0 Å². The Morgan fingerprint density at radius 3 is 0.855 bits per heavy atom. The molecule has 7 unspecified atom stereocenters. The highest BCUT2D eigenvalue weighted by atomic mass is 16.7. The van der Waals surface area contributed by atoms with E-state index in [-0.39, 0.29) is 12.5 Å². The Balaban J connectivity index is 2.06. The molecule has 0 spiro atoms. The van der Waals surface area contributed by atoms with Gasteiger partial charge in [-0.25, -0.2) is 0 Å². The number of hydrogen-bond donors (Lipinski definition) is 6. The first kappa shape index (κ1) is 80.2. The number of nitrogens with one attached hydrogen (secondary N) is 1. The van der Waals surface area contributed by atoms with Gasteiger partial charge in [0, 0.05) is 6.42 Å². The van der Waals surface area contributed by atoms with Crippen LogP contribution in [0.25, 0.3) is 0 Å². The molecule has 496 valence electrons. The van der Waals surface area contributed by atoms with Crippen molar-refractivity contribution in [3.8, 4) is 0 Å². The van der Waals surface area contributed by atoms with Crippen molar-refractivity contribution in [2.45, 2.75) is 455 Å². The summed E-state index contributed by atoms with van der Waals surface area (Å²) in [5.41, 5.74) is 0. The first-order chi connectivity index (χ1) is 40.8. The summed E-state index contributed by atoms with van der Waals surface area (Å²) in [5.74, 6) is -0.132. The van der Waals surface area contributed by atoms with Gasteiger partial charge < -0.3 is 40.3 Å². The van der Waals surface area contributed by atoms with Gasteiger partial charge >= 0.3 is 0 Å². The van der Waals surface area contributed by atoms with E-state index in [2.05, 4.69) is 19.2 Å². The van der Waals surface area contributed by atoms with Gasteiger partial charge in [-0.15, -0.1) is 0 Å². The van der Waals surface area contributed by atoms with Crippen molar-refractivity contribution in [1.29, 1.82) is 0 Å². The van der Waals surface area contributed by atoms with Crippen LogP contribution in [0.15, 0.2) is 0 Å². The number of carbonyl (C=O) groups is 1. The van der Waals surface area contributed by atoms with Crippen LogP contribution < -0.4 is 5.32 Å². The van der Waals surface area contributed by atoms with Crippen LogP contribution in [0.3, 0.4) is 0 Å². The molecule has 1 aliphatic heterocycles. The number of amides is 1. The van der Waals surface area contributed by atoms with E-state index in [1.54, 1.807) is 0 Å². The first-order valence-electron chi connectivity index (χ1n) is 37.7. The third-order valence-electron chi connectivity index (χ3n) is 18.7. The lowest BCUT2D eigenvalue weighted by Crippen LogP contribution is -2.60. The minimum Gasteiger partial charge on any atom is -0.394 e. The van der Waals surface area contributed by atoms with E-state index in [1.807, 2.05) is 0 Å². The monoisotopic (exact) mass is 1180 g/mol. The van der Waals surface area contributed by atoms with Gasteiger partial charge in [0.15, 0.2) is 6.29 Å². The predicted molar refractivity (Wildman–Crippen MR) is 355 cm³/mol. The van der Waals surface area contributed by atoms with Crippen LogP contribution in [0.5, 0.6) is 0 Å². The van der Waals surface area contributed by atoms with Gasteiger partial charge in [0.2, 0.25) is 5.91 Å². The number of ether oxygens (including phenoxy) is 2. The standard InChI is InChI=1S/C74H147NO8/c1-3-5-7-9-11-13-15-17-19-21-23-25-27-29-31-32-33-34-35-36-38-39-41-43-45-47-49-51-53-55-57-59-61-63-68(77)67(66-82-74-73(81)72(80)71(79)69(65-76)83-74)75-70(78)64-62-60-58-56-54-52-50-48-46-44-42-40-37-30-28-26-24-22-20-18-16-14-12-10-8-6-4-2/h67-69,71-74,76-77,79-81H,3-66H2,1-2H3,(H,75,78). The number of aliphatic hydroxyl groups is 5. The Labute approximate surface area is 516 Å². The first-order valence-corrected chi connectivity index (χ1v) is 37.7. The number of unbranched alkanes of at least 4 members (excludes halogenated alkanes) is 58. The second kappa shape index (κ2) is 64.2. The van der Waals surface area contributed by atoms with Crippen LogP contribution >= 0.6 is 0 Å². The van der Waals surface area contributed by atoms with Crippen molar-refractivity contribution in [2.75, 3.05) is 13.2 Å². The Morgan fingerprint density at radius 1 is 0.361 bits per heavy atom. The van der Waals surface area contributed by atoms with Crippen molar-refractivity contribution in [2.24, 2.45) is 0 Å². The minimum atomic E-state index is -1.55. The number of carbonyl (C=O) groups excluding carboxylic acids is 1. The van der Waals surface area contributed by atoms with E-state index in [1.165, 1.54) is 347 Å². The van der Waals surface area contributed by atoms with Gasteiger partial charge in [0.05, 0.1) is 25.4 Å². The molecule has 0 aromatic carbocycles. The molecular formula is C74H147NO8. The molecule has 0 saturated carbocycles. The van der Waals surface area contributed by atoms with Gasteiger partial charge in [-0.1, -0.05) is 393 Å². The second-order valence-electron chi connectivity index (χ2n) is 26.8. The molecule has 0 bridgehead atoms. The van der Waals surface area contributed by atoms with Crippen molar-refractivity contribution >= 4 is 5.91 Å². The van der Waals surface area contributed by atoms with Gasteiger partial charge in [0.1, 0.15) is 24.4 Å². The van der Waals surface area contributed by atoms with Gasteiger partial charge in [-0.3, -0.25) is 4.79 Å². The largest absolute Gasteiger partial charge is 0.394 e. The molecule has 83 heavy (non-hydrogen) atoms. The molecule has 6 N–H and O–H groups in total. The molecule has 1 rings (SSSR count). The minimum absolute atomic E-state index is 0.130. The lowest BCUT2D eigenvalue weighted by molar-refractivity contribution is -0.302. The lowest BCUT2D eigenvalue weighted by Gasteiger charge is -2.40. The van der Waals surface area contributed by atoms with E-state index in [9.17, 15) is 30.3 Å². The van der Waals surface area contributed by atoms with Gasteiger partial charge in [-0.05, 0) is 12.8 Å². The highest BCUT2D eigenvalue weighted by molar-refractivity contribution is 5.76. The smallest absolute Gasteiger partial charge is 0.220 e. The van der Waals surface area contributed by atoms with Crippen LogP contribution in [-0.2, 0) is 14.3 Å². The maximum Gasteiger partial charge on any atom is 0.220 e. The number of rotatable bonds is 68. The summed E-state index contributed by atoms with van der Waals surface area (Å²) in [6, 6.07) is -0.716. The molecular weight excluding hydrogens is 1030 g/mol. The van der Waals surface area contributed by atoms with E-state index >= 15 is 0 Å². The fraction of sp³-hybridized carbons (Fsp3) is 0.986. The molecule has 7 atom stereocenters. The molecule has 1 saturated heterocycles. The third kappa shape index (κ3) is 52.8. The van der Waals surface area contributed by atoms with E-state index < -0.39 is 49.5 Å². The average Bonchev–Trinajstić information content (AvgIpc) is 3.57. The number of aliphatic hydroxyl groups excluding tert-OH is 5. The highest BCUT2D eigenvalue weighted by Crippen LogP contribution is 2.24. The van der Waals surface area contributed by atoms with E-state index in [0.29, 0.717) is 12.8 Å². The van der Waals surface area contributed by atoms with Crippen LogP contribution in [-0.4, -0.2) is 87.5 Å². The molecule has 0 aliphatic carbocycles. The maximum atomic E-state index is 13.2. The van der Waals surface area contributed by atoms with Crippen molar-refractivity contribution in [3.63, 3.8) is 0 Å². The summed E-state index contributed by atoms with van der Waals surface area (Å²) in [4.78, 5) is 13.2. The molecule has 9 nitrogen and oxygen atoms in total. The fourth-order valence-corrected chi connectivity index (χ4v) is 12.8. The zero-order valence-corrected chi connectivity index (χ0v) is 55.8. The van der Waals surface area contributed by atoms with Crippen LogP contribution in [0, 0.1) is 0 Å². The topological polar surface area (TPSA) is 149 Å². The van der Waals surface area contributed by atoms with Gasteiger partial charge in [0.25, 0.3) is 0 Å². The SMILES string of the molecule is CCCCCCCCCCCCCCCCCCCCCCCCCCCCCCCCCCCC(O)C(COC1OC(CO)C(O)C(O)C1O)NC(=O)CCCCCCCCCCCCCCCCCCCCCCCCCCCCC. The van der Waals surface area contributed by atoms with Crippen molar-refractivity contribution in [1.82, 2.24) is 5.32 Å². The Bertz CT molecular complexity index is 1270. The quantitative estimate of drug-likeness (QED) is 0.0330. The summed E-state index contributed by atoms with van der Waals surface area (Å²) in [5, 5.41) is 55.0. The van der Waals surface area contributed by atoms with Crippen LogP contribution in [0.1, 0.15) is 412 Å². The summed E-state index contributed by atoms with van der Waals surface area (Å²) in [7, 11) is 0. The molecule has 1 fully saturated rings. The Morgan fingerprint density at radius 2 is 0.602 bits per heavy atom. The lowest BCUT2D eigenvalue weighted by atomic mass is 9.99. The number of hydrogen-bond acceptors (Lipinski definition) is 8. The Kier molecular flexibility index (Phi) is 62.0. The predicted octanol–water partition coefficient (Wildman–Crippen LogP) is 20.9. The van der Waals surface area contributed by atoms with Crippen molar-refractivity contribution in [3.05, 3.63) is 0 Å². The summed E-state index contributed by atoms with van der Waals surface area (Å²) >= 11 is 0. The summed E-state index contributed by atoms with van der Waals surface area (Å²) in [6.07, 6.45) is 74.8. The van der Waals surface area contributed by atoms with Crippen LogP contribution in [0.4, 0.5) is 0 Å². The summed E-state index contributed by atoms with van der Waals surface area (Å²) < 4.78 is 11.4.